The number of thiophene rings is 1. The van der Waals surface area contributed by atoms with Gasteiger partial charge in [-0.3, -0.25) is 0 Å². The molecule has 0 saturated heterocycles. The Hall–Kier alpha value is -0.950. The second-order valence-corrected chi connectivity index (χ2v) is 9.46. The lowest BCUT2D eigenvalue weighted by Crippen LogP contribution is -2.07. The van der Waals surface area contributed by atoms with Gasteiger partial charge in [0.1, 0.15) is 0 Å². The average molecular weight is 393 g/mol. The van der Waals surface area contributed by atoms with Crippen molar-refractivity contribution >= 4 is 44.4 Å². The number of fused-ring (bicyclic) bond motifs is 1. The van der Waals surface area contributed by atoms with E-state index >= 15 is 0 Å². The zero-order valence-electron chi connectivity index (χ0n) is 12.1. The van der Waals surface area contributed by atoms with Crippen LogP contribution in [-0.4, -0.2) is 21.6 Å². The van der Waals surface area contributed by atoms with Crippen LogP contribution in [0.4, 0.5) is 0 Å². The fourth-order valence-corrected chi connectivity index (χ4v) is 5.57. The van der Waals surface area contributed by atoms with Crippen LogP contribution in [0.2, 0.25) is 9.36 Å². The van der Waals surface area contributed by atoms with Crippen molar-refractivity contribution in [3.8, 4) is 11.5 Å². The van der Waals surface area contributed by atoms with Crippen molar-refractivity contribution < 1.29 is 17.9 Å². The second-order valence-electron chi connectivity index (χ2n) is 5.19. The SMILES string of the molecule is O=S(=O)(Cc1cc(Cl)c2c(c1)OCCCO2)Cc1ccc(Cl)s1. The maximum Gasteiger partial charge on any atom is 0.179 e. The number of sulfone groups is 1. The normalized spacial score (nSPS) is 14.5. The molecule has 1 aromatic heterocycles. The van der Waals surface area contributed by atoms with Gasteiger partial charge in [-0.15, -0.1) is 11.3 Å². The molecule has 0 saturated carbocycles. The summed E-state index contributed by atoms with van der Waals surface area (Å²) in [4.78, 5) is 0.718. The summed E-state index contributed by atoms with van der Waals surface area (Å²) < 4.78 is 36.5. The summed E-state index contributed by atoms with van der Waals surface area (Å²) in [6, 6.07) is 6.73. The summed E-state index contributed by atoms with van der Waals surface area (Å²) in [5, 5.41) is 0.369. The Morgan fingerprint density at radius 2 is 1.87 bits per heavy atom. The molecule has 2 heterocycles. The first-order valence-electron chi connectivity index (χ1n) is 6.95. The Morgan fingerprint density at radius 1 is 1.09 bits per heavy atom. The monoisotopic (exact) mass is 392 g/mol. The minimum Gasteiger partial charge on any atom is -0.489 e. The van der Waals surface area contributed by atoms with E-state index in [1.807, 2.05) is 0 Å². The van der Waals surface area contributed by atoms with Crippen molar-refractivity contribution in [2.45, 2.75) is 17.9 Å². The predicted molar refractivity (Wildman–Crippen MR) is 92.7 cm³/mol. The average Bonchev–Trinajstić information content (AvgIpc) is 2.72. The number of hydrogen-bond donors (Lipinski definition) is 0. The first-order chi connectivity index (χ1) is 10.9. The van der Waals surface area contributed by atoms with E-state index in [1.54, 1.807) is 24.3 Å². The van der Waals surface area contributed by atoms with Crippen LogP contribution in [0.5, 0.6) is 11.5 Å². The first kappa shape index (κ1) is 16.9. The number of benzene rings is 1. The molecule has 2 aromatic rings. The van der Waals surface area contributed by atoms with Gasteiger partial charge in [0, 0.05) is 11.3 Å². The van der Waals surface area contributed by atoms with Gasteiger partial charge in [0.25, 0.3) is 0 Å². The van der Waals surface area contributed by atoms with Gasteiger partial charge in [0.2, 0.25) is 0 Å². The van der Waals surface area contributed by atoms with E-state index in [4.69, 9.17) is 32.7 Å². The molecule has 124 valence electrons. The molecule has 4 nitrogen and oxygen atoms in total. The lowest BCUT2D eigenvalue weighted by atomic mass is 10.2. The van der Waals surface area contributed by atoms with Crippen molar-refractivity contribution in [2.75, 3.05) is 13.2 Å². The zero-order chi connectivity index (χ0) is 16.4. The standard InChI is InChI=1S/C15H14Cl2O4S2/c16-12-6-10(7-13-15(12)21-5-1-4-20-13)8-23(18,19)9-11-2-3-14(17)22-11/h2-3,6-7H,1,4-5,8-9H2. The predicted octanol–water partition coefficient (Wildman–Crippen LogP) is 4.33. The molecule has 0 fully saturated rings. The Bertz CT molecular complexity index is 815. The smallest absolute Gasteiger partial charge is 0.179 e. The van der Waals surface area contributed by atoms with Crippen LogP contribution < -0.4 is 9.47 Å². The summed E-state index contributed by atoms with van der Waals surface area (Å²) in [5.74, 6) is 0.824. The molecule has 0 bridgehead atoms. The van der Waals surface area contributed by atoms with Gasteiger partial charge < -0.3 is 9.47 Å². The fourth-order valence-electron chi connectivity index (χ4n) is 2.32. The third-order valence-corrected chi connectivity index (χ3v) is 6.46. The van der Waals surface area contributed by atoms with Gasteiger partial charge in [-0.25, -0.2) is 8.42 Å². The molecular formula is C15H14Cl2O4S2. The van der Waals surface area contributed by atoms with Crippen LogP contribution in [0.1, 0.15) is 16.9 Å². The highest BCUT2D eigenvalue weighted by Gasteiger charge is 2.20. The minimum atomic E-state index is -3.33. The third-order valence-electron chi connectivity index (χ3n) is 3.24. The van der Waals surface area contributed by atoms with E-state index in [1.165, 1.54) is 11.3 Å². The maximum absolute atomic E-state index is 12.4. The minimum absolute atomic E-state index is 0.0452. The van der Waals surface area contributed by atoms with Crippen molar-refractivity contribution in [2.24, 2.45) is 0 Å². The van der Waals surface area contributed by atoms with Crippen LogP contribution in [0.3, 0.4) is 0 Å². The highest BCUT2D eigenvalue weighted by atomic mass is 35.5. The summed E-state index contributed by atoms with van der Waals surface area (Å²) in [7, 11) is -3.33. The number of rotatable bonds is 4. The van der Waals surface area contributed by atoms with Gasteiger partial charge >= 0.3 is 0 Å². The quantitative estimate of drug-likeness (QED) is 0.776. The fraction of sp³-hybridized carbons (Fsp3) is 0.333. The second kappa shape index (κ2) is 6.89. The van der Waals surface area contributed by atoms with E-state index in [2.05, 4.69) is 0 Å². The van der Waals surface area contributed by atoms with Crippen LogP contribution in [0.25, 0.3) is 0 Å². The molecule has 1 aliphatic rings. The van der Waals surface area contributed by atoms with E-state index < -0.39 is 9.84 Å². The molecular weight excluding hydrogens is 379 g/mol. The molecule has 0 amide bonds. The Balaban J connectivity index is 1.82. The van der Waals surface area contributed by atoms with Crippen LogP contribution in [0.15, 0.2) is 24.3 Å². The lowest BCUT2D eigenvalue weighted by molar-refractivity contribution is 0.297. The number of ether oxygens (including phenoxy) is 2. The first-order valence-corrected chi connectivity index (χ1v) is 10.3. The van der Waals surface area contributed by atoms with E-state index in [-0.39, 0.29) is 11.5 Å². The molecule has 0 atom stereocenters. The van der Waals surface area contributed by atoms with E-state index in [0.717, 1.165) is 11.3 Å². The molecule has 1 aromatic carbocycles. The molecule has 0 radical (unpaired) electrons. The summed E-state index contributed by atoms with van der Waals surface area (Å²) in [6.07, 6.45) is 0.762. The maximum atomic E-state index is 12.4. The van der Waals surface area contributed by atoms with Crippen molar-refractivity contribution in [3.63, 3.8) is 0 Å². The summed E-state index contributed by atoms with van der Waals surface area (Å²) in [5.41, 5.74) is 0.585. The lowest BCUT2D eigenvalue weighted by Gasteiger charge is -2.11. The van der Waals surface area contributed by atoms with Crippen LogP contribution in [-0.2, 0) is 21.3 Å². The molecule has 1 aliphatic heterocycles. The molecule has 0 aliphatic carbocycles. The molecule has 3 rings (SSSR count). The molecule has 8 heteroatoms. The zero-order valence-corrected chi connectivity index (χ0v) is 15.2. The molecule has 23 heavy (non-hydrogen) atoms. The number of halogens is 2. The van der Waals surface area contributed by atoms with Crippen LogP contribution in [0, 0.1) is 0 Å². The molecule has 0 spiro atoms. The largest absolute Gasteiger partial charge is 0.489 e. The van der Waals surface area contributed by atoms with Crippen molar-refractivity contribution in [1.82, 2.24) is 0 Å². The van der Waals surface area contributed by atoms with Gasteiger partial charge in [-0.1, -0.05) is 23.2 Å². The molecule has 0 N–H and O–H groups in total. The van der Waals surface area contributed by atoms with Crippen molar-refractivity contribution in [3.05, 3.63) is 44.1 Å². The Labute approximate surface area is 148 Å². The summed E-state index contributed by atoms with van der Waals surface area (Å²) in [6.45, 7) is 1.05. The van der Waals surface area contributed by atoms with Crippen LogP contribution >= 0.6 is 34.5 Å². The highest BCUT2D eigenvalue weighted by Crippen LogP contribution is 2.38. The van der Waals surface area contributed by atoms with E-state index in [0.29, 0.717) is 39.6 Å². The van der Waals surface area contributed by atoms with Gasteiger partial charge in [-0.05, 0) is 29.8 Å². The highest BCUT2D eigenvalue weighted by molar-refractivity contribution is 7.90. The van der Waals surface area contributed by atoms with Gasteiger partial charge in [0.05, 0.1) is 34.1 Å². The topological polar surface area (TPSA) is 52.6 Å². The van der Waals surface area contributed by atoms with Gasteiger partial charge in [-0.2, -0.15) is 0 Å². The summed E-state index contributed by atoms with van der Waals surface area (Å²) >= 11 is 13.3. The Kier molecular flexibility index (Phi) is 5.06. The third kappa shape index (κ3) is 4.32. The number of hydrogen-bond acceptors (Lipinski definition) is 5. The van der Waals surface area contributed by atoms with E-state index in [9.17, 15) is 8.42 Å². The van der Waals surface area contributed by atoms with Gasteiger partial charge in [0.15, 0.2) is 21.3 Å². The Morgan fingerprint density at radius 3 is 2.61 bits per heavy atom. The van der Waals surface area contributed by atoms with Crippen molar-refractivity contribution in [1.29, 1.82) is 0 Å². The molecule has 0 unspecified atom stereocenters.